The van der Waals surface area contributed by atoms with Crippen molar-refractivity contribution in [2.24, 2.45) is 0 Å². The third-order valence-electron chi connectivity index (χ3n) is 2.68. The van der Waals surface area contributed by atoms with Crippen LogP contribution in [-0.4, -0.2) is 14.9 Å². The molecular weight excluding hydrogens is 223 g/mol. The van der Waals surface area contributed by atoms with Crippen LogP contribution < -0.4 is 5.56 Å². The number of nitrogens with one attached hydrogen (secondary N) is 1. The molecule has 1 aromatic carbocycles. The van der Waals surface area contributed by atoms with E-state index >= 15 is 0 Å². The number of hydrogen-bond acceptors (Lipinski definition) is 2. The standard InChI is InChI=1S/C12H13FN2O2/c1-2-10-8(7-16)12(17)15(14-10)11-6-4-3-5-9(11)13/h3-6,14,16H,2,7H2,1H3. The van der Waals surface area contributed by atoms with Gasteiger partial charge in [-0.15, -0.1) is 0 Å². The summed E-state index contributed by atoms with van der Waals surface area (Å²) >= 11 is 0. The zero-order valence-corrected chi connectivity index (χ0v) is 9.40. The first-order valence-electron chi connectivity index (χ1n) is 5.37. The summed E-state index contributed by atoms with van der Waals surface area (Å²) in [7, 11) is 0. The SMILES string of the molecule is CCc1[nH]n(-c2ccccc2F)c(=O)c1CO. The van der Waals surface area contributed by atoms with E-state index < -0.39 is 11.4 Å². The lowest BCUT2D eigenvalue weighted by atomic mass is 10.2. The number of benzene rings is 1. The summed E-state index contributed by atoms with van der Waals surface area (Å²) < 4.78 is 14.7. The van der Waals surface area contributed by atoms with E-state index in [9.17, 15) is 9.18 Å². The Morgan fingerprint density at radius 2 is 2.12 bits per heavy atom. The zero-order chi connectivity index (χ0) is 12.4. The Labute approximate surface area is 97.3 Å². The fraction of sp³-hybridized carbons (Fsp3) is 0.250. The van der Waals surface area contributed by atoms with E-state index in [1.165, 1.54) is 12.1 Å². The fourth-order valence-electron chi connectivity index (χ4n) is 1.78. The number of aryl methyl sites for hydroxylation is 1. The summed E-state index contributed by atoms with van der Waals surface area (Å²) in [6.45, 7) is 1.51. The molecule has 0 fully saturated rings. The van der Waals surface area contributed by atoms with Gasteiger partial charge in [0, 0.05) is 5.69 Å². The molecule has 0 unspecified atom stereocenters. The molecule has 2 aromatic rings. The summed E-state index contributed by atoms with van der Waals surface area (Å²) in [5, 5.41) is 11.9. The lowest BCUT2D eigenvalue weighted by Gasteiger charge is -2.02. The van der Waals surface area contributed by atoms with E-state index in [1.54, 1.807) is 12.1 Å². The highest BCUT2D eigenvalue weighted by Gasteiger charge is 2.14. The average molecular weight is 236 g/mol. The number of aromatic nitrogens is 2. The van der Waals surface area contributed by atoms with Gasteiger partial charge in [0.1, 0.15) is 11.5 Å². The van der Waals surface area contributed by atoms with Gasteiger partial charge in [0.25, 0.3) is 5.56 Å². The summed E-state index contributed by atoms with van der Waals surface area (Å²) in [5.41, 5.74) is 0.665. The number of aromatic amines is 1. The number of aliphatic hydroxyl groups is 1. The Bertz CT molecular complexity index is 586. The molecule has 0 aliphatic rings. The molecule has 90 valence electrons. The minimum atomic E-state index is -0.483. The van der Waals surface area contributed by atoms with E-state index in [4.69, 9.17) is 5.11 Å². The van der Waals surface area contributed by atoms with Crippen molar-refractivity contribution in [2.45, 2.75) is 20.0 Å². The Hall–Kier alpha value is -1.88. The number of para-hydroxylation sites is 1. The van der Waals surface area contributed by atoms with Gasteiger partial charge in [0.05, 0.1) is 12.2 Å². The van der Waals surface area contributed by atoms with Crippen molar-refractivity contribution in [1.29, 1.82) is 0 Å². The van der Waals surface area contributed by atoms with E-state index in [2.05, 4.69) is 5.10 Å². The number of H-pyrrole nitrogens is 1. The van der Waals surface area contributed by atoms with Gasteiger partial charge in [0.15, 0.2) is 0 Å². The molecule has 0 aliphatic heterocycles. The van der Waals surface area contributed by atoms with Crippen molar-refractivity contribution >= 4 is 0 Å². The van der Waals surface area contributed by atoms with E-state index in [-0.39, 0.29) is 17.9 Å². The van der Waals surface area contributed by atoms with Crippen LogP contribution in [-0.2, 0) is 13.0 Å². The Balaban J connectivity index is 2.65. The van der Waals surface area contributed by atoms with Crippen LogP contribution in [0.1, 0.15) is 18.2 Å². The van der Waals surface area contributed by atoms with Crippen molar-refractivity contribution in [3.05, 3.63) is 51.7 Å². The number of hydrogen-bond donors (Lipinski definition) is 2. The molecule has 5 heteroatoms. The molecule has 2 rings (SSSR count). The van der Waals surface area contributed by atoms with Crippen molar-refractivity contribution in [3.8, 4) is 5.69 Å². The summed E-state index contributed by atoms with van der Waals surface area (Å²) in [5.74, 6) is -0.483. The highest BCUT2D eigenvalue weighted by atomic mass is 19.1. The second-order valence-electron chi connectivity index (χ2n) is 3.67. The van der Waals surface area contributed by atoms with Gasteiger partial charge >= 0.3 is 0 Å². The van der Waals surface area contributed by atoms with Crippen molar-refractivity contribution in [2.75, 3.05) is 0 Å². The van der Waals surface area contributed by atoms with Gasteiger partial charge < -0.3 is 5.11 Å². The van der Waals surface area contributed by atoms with Crippen LogP contribution in [0.15, 0.2) is 29.1 Å². The van der Waals surface area contributed by atoms with E-state index in [0.717, 1.165) is 4.68 Å². The van der Waals surface area contributed by atoms with Crippen LogP contribution in [0.4, 0.5) is 4.39 Å². The molecular formula is C12H13FN2O2. The Morgan fingerprint density at radius 1 is 1.41 bits per heavy atom. The highest BCUT2D eigenvalue weighted by molar-refractivity contribution is 5.34. The maximum Gasteiger partial charge on any atom is 0.277 e. The second-order valence-corrected chi connectivity index (χ2v) is 3.67. The molecule has 0 atom stereocenters. The number of halogens is 1. The van der Waals surface area contributed by atoms with Gasteiger partial charge in [-0.25, -0.2) is 9.07 Å². The molecule has 1 heterocycles. The van der Waals surface area contributed by atoms with Crippen LogP contribution in [0.2, 0.25) is 0 Å². The summed E-state index contributed by atoms with van der Waals surface area (Å²) in [4.78, 5) is 11.9. The smallest absolute Gasteiger partial charge is 0.277 e. The third-order valence-corrected chi connectivity index (χ3v) is 2.68. The Morgan fingerprint density at radius 3 is 2.65 bits per heavy atom. The minimum absolute atomic E-state index is 0.159. The van der Waals surface area contributed by atoms with Crippen LogP contribution in [0.5, 0.6) is 0 Å². The van der Waals surface area contributed by atoms with Gasteiger partial charge in [0.2, 0.25) is 0 Å². The number of aliphatic hydroxyl groups excluding tert-OH is 1. The molecule has 0 saturated heterocycles. The van der Waals surface area contributed by atoms with Crippen molar-refractivity contribution in [3.63, 3.8) is 0 Å². The van der Waals surface area contributed by atoms with Crippen molar-refractivity contribution in [1.82, 2.24) is 9.78 Å². The van der Waals surface area contributed by atoms with Crippen LogP contribution in [0.25, 0.3) is 5.69 Å². The third kappa shape index (κ3) is 1.89. The molecule has 17 heavy (non-hydrogen) atoms. The average Bonchev–Trinajstić information content (AvgIpc) is 2.66. The molecule has 2 N–H and O–H groups in total. The first-order chi connectivity index (χ1) is 8.19. The lowest BCUT2D eigenvalue weighted by Crippen LogP contribution is -2.18. The summed E-state index contributed by atoms with van der Waals surface area (Å²) in [6, 6.07) is 6.00. The molecule has 0 radical (unpaired) electrons. The largest absolute Gasteiger partial charge is 0.391 e. The van der Waals surface area contributed by atoms with Crippen LogP contribution in [0, 0.1) is 5.82 Å². The van der Waals surface area contributed by atoms with Gasteiger partial charge in [-0.2, -0.15) is 0 Å². The highest BCUT2D eigenvalue weighted by Crippen LogP contribution is 2.12. The van der Waals surface area contributed by atoms with Crippen LogP contribution in [0.3, 0.4) is 0 Å². The predicted molar refractivity (Wildman–Crippen MR) is 61.6 cm³/mol. The van der Waals surface area contributed by atoms with Crippen molar-refractivity contribution < 1.29 is 9.50 Å². The fourth-order valence-corrected chi connectivity index (χ4v) is 1.78. The topological polar surface area (TPSA) is 58.0 Å². The first kappa shape index (κ1) is 11.6. The molecule has 1 aromatic heterocycles. The monoisotopic (exact) mass is 236 g/mol. The summed E-state index contributed by atoms with van der Waals surface area (Å²) in [6.07, 6.45) is 0.576. The van der Waals surface area contributed by atoms with E-state index in [0.29, 0.717) is 12.1 Å². The minimum Gasteiger partial charge on any atom is -0.391 e. The van der Waals surface area contributed by atoms with Gasteiger partial charge in [-0.1, -0.05) is 19.1 Å². The normalized spacial score (nSPS) is 10.8. The quantitative estimate of drug-likeness (QED) is 0.845. The molecule has 0 spiro atoms. The van der Waals surface area contributed by atoms with Crippen LogP contribution >= 0.6 is 0 Å². The van der Waals surface area contributed by atoms with Gasteiger partial charge in [-0.05, 0) is 18.6 Å². The van der Waals surface area contributed by atoms with E-state index in [1.807, 2.05) is 6.92 Å². The second kappa shape index (κ2) is 4.55. The Kier molecular flexibility index (Phi) is 3.10. The number of nitrogens with zero attached hydrogens (tertiary/aromatic N) is 1. The number of rotatable bonds is 3. The lowest BCUT2D eigenvalue weighted by molar-refractivity contribution is 0.279. The molecule has 0 bridgehead atoms. The molecule has 0 amide bonds. The first-order valence-corrected chi connectivity index (χ1v) is 5.37. The molecule has 0 aliphatic carbocycles. The molecule has 0 saturated carbocycles. The predicted octanol–water partition coefficient (Wildman–Crippen LogP) is 1.36. The molecule has 4 nitrogen and oxygen atoms in total. The zero-order valence-electron chi connectivity index (χ0n) is 9.40. The van der Waals surface area contributed by atoms with Gasteiger partial charge in [-0.3, -0.25) is 9.89 Å². The maximum absolute atomic E-state index is 13.6. The maximum atomic E-state index is 13.6.